The largest absolute Gasteiger partial charge is 0.359 e. The van der Waals surface area contributed by atoms with Crippen LogP contribution in [0.3, 0.4) is 0 Å². The van der Waals surface area contributed by atoms with E-state index in [0.717, 1.165) is 5.56 Å². The van der Waals surface area contributed by atoms with Gasteiger partial charge in [0.1, 0.15) is 23.0 Å². The molecule has 0 aliphatic heterocycles. The van der Waals surface area contributed by atoms with E-state index in [0.29, 0.717) is 22.5 Å². The van der Waals surface area contributed by atoms with E-state index in [1.54, 1.807) is 48.5 Å². The number of hydrogen-bond donors (Lipinski definition) is 0. The molecule has 0 unspecified atom stereocenters. The van der Waals surface area contributed by atoms with E-state index in [4.69, 9.17) is 9.05 Å². The van der Waals surface area contributed by atoms with Gasteiger partial charge in [-0.25, -0.2) is 17.2 Å². The Labute approximate surface area is 212 Å². The van der Waals surface area contributed by atoms with E-state index in [1.165, 1.54) is 40.7 Å². The molecule has 0 saturated carbocycles. The summed E-state index contributed by atoms with van der Waals surface area (Å²) in [5, 5.41) is 8.02. The van der Waals surface area contributed by atoms with Gasteiger partial charge in [0.15, 0.2) is 11.5 Å². The summed E-state index contributed by atoms with van der Waals surface area (Å²) in [6.45, 7) is 1.58. The highest BCUT2D eigenvalue weighted by Crippen LogP contribution is 2.26. The van der Waals surface area contributed by atoms with Crippen LogP contribution in [0.15, 0.2) is 98.9 Å². The molecule has 5 aromatic rings. The van der Waals surface area contributed by atoms with Crippen LogP contribution in [0.1, 0.15) is 17.1 Å². The van der Waals surface area contributed by atoms with Crippen LogP contribution in [0.25, 0.3) is 22.5 Å². The Hall–Kier alpha value is -4.15. The molecule has 0 amide bonds. The Kier molecular flexibility index (Phi) is 6.68. The highest BCUT2D eigenvalue weighted by Gasteiger charge is 2.28. The van der Waals surface area contributed by atoms with E-state index in [2.05, 4.69) is 10.3 Å². The van der Waals surface area contributed by atoms with Crippen LogP contribution in [-0.4, -0.2) is 23.0 Å². The van der Waals surface area contributed by atoms with Crippen molar-refractivity contribution < 1.29 is 26.2 Å². The zero-order valence-corrected chi connectivity index (χ0v) is 20.5. The second kappa shape index (κ2) is 10.1. The highest BCUT2D eigenvalue weighted by atomic mass is 32.2. The molecule has 188 valence electrons. The first kappa shape index (κ1) is 24.5. The third-order valence-electron chi connectivity index (χ3n) is 5.72. The Balaban J connectivity index is 1.45. The Morgan fingerprint density at radius 1 is 0.703 bits per heavy atom. The Morgan fingerprint density at radius 2 is 1.14 bits per heavy atom. The summed E-state index contributed by atoms with van der Waals surface area (Å²) in [6.07, 6.45) is 0. The van der Waals surface area contributed by atoms with Gasteiger partial charge >= 0.3 is 0 Å². The molecule has 0 atom stereocenters. The zero-order valence-electron chi connectivity index (χ0n) is 19.6. The molecule has 0 bridgehead atoms. The van der Waals surface area contributed by atoms with Crippen molar-refractivity contribution in [3.05, 3.63) is 114 Å². The third kappa shape index (κ3) is 5.50. The average molecular weight is 522 g/mol. The van der Waals surface area contributed by atoms with E-state index < -0.39 is 10.0 Å². The topological polar surface area (TPSA) is 89.4 Å². The molecule has 0 saturated heterocycles. The number of nitrogens with zero attached hydrogens (tertiary/aromatic N) is 3. The predicted octanol–water partition coefficient (Wildman–Crippen LogP) is 5.97. The molecule has 37 heavy (non-hydrogen) atoms. The van der Waals surface area contributed by atoms with Gasteiger partial charge in [-0.05, 0) is 67.6 Å². The van der Waals surface area contributed by atoms with E-state index >= 15 is 0 Å². The first-order valence-corrected chi connectivity index (χ1v) is 12.7. The number of sulfonamides is 1. The molecule has 2 heterocycles. The van der Waals surface area contributed by atoms with Crippen molar-refractivity contribution in [3.63, 3.8) is 0 Å². The number of rotatable bonds is 8. The van der Waals surface area contributed by atoms with Crippen molar-refractivity contribution in [2.45, 2.75) is 24.9 Å². The summed E-state index contributed by atoms with van der Waals surface area (Å²) >= 11 is 0. The first-order valence-electron chi connectivity index (χ1n) is 11.3. The second-order valence-corrected chi connectivity index (χ2v) is 10.4. The minimum atomic E-state index is -3.98. The van der Waals surface area contributed by atoms with Gasteiger partial charge in [-0.1, -0.05) is 28.0 Å². The maximum atomic E-state index is 13.6. The van der Waals surface area contributed by atoms with Gasteiger partial charge in [0.2, 0.25) is 10.0 Å². The van der Waals surface area contributed by atoms with Gasteiger partial charge in [0, 0.05) is 23.3 Å². The van der Waals surface area contributed by atoms with Crippen LogP contribution in [0.2, 0.25) is 0 Å². The Bertz CT molecular complexity index is 1530. The van der Waals surface area contributed by atoms with Crippen LogP contribution >= 0.6 is 0 Å². The smallest absolute Gasteiger partial charge is 0.243 e. The lowest BCUT2D eigenvalue weighted by Crippen LogP contribution is -2.30. The van der Waals surface area contributed by atoms with Crippen LogP contribution in [-0.2, 0) is 23.1 Å². The summed E-state index contributed by atoms with van der Waals surface area (Å²) in [5.41, 5.74) is 3.07. The number of halogens is 2. The fourth-order valence-corrected chi connectivity index (χ4v) is 5.09. The van der Waals surface area contributed by atoms with Gasteiger partial charge in [0.25, 0.3) is 0 Å². The molecule has 10 heteroatoms. The molecular weight excluding hydrogens is 500 g/mol. The molecule has 0 radical (unpaired) electrons. The highest BCUT2D eigenvalue weighted by molar-refractivity contribution is 7.89. The predicted molar refractivity (Wildman–Crippen MR) is 131 cm³/mol. The molecular formula is C27H21F2N3O4S. The lowest BCUT2D eigenvalue weighted by molar-refractivity contribution is 0.288. The molecule has 7 nitrogen and oxygen atoms in total. The van der Waals surface area contributed by atoms with Crippen LogP contribution in [0.5, 0.6) is 0 Å². The molecule has 0 N–H and O–H groups in total. The number of hydrogen-bond acceptors (Lipinski definition) is 6. The monoisotopic (exact) mass is 521 g/mol. The molecule has 0 aliphatic rings. The van der Waals surface area contributed by atoms with E-state index in [1.807, 2.05) is 6.92 Å². The summed E-state index contributed by atoms with van der Waals surface area (Å²) < 4.78 is 65.8. The van der Waals surface area contributed by atoms with Crippen molar-refractivity contribution in [3.8, 4) is 22.5 Å². The molecule has 3 aromatic carbocycles. The molecule has 5 rings (SSSR count). The first-order chi connectivity index (χ1) is 17.8. The molecule has 0 aliphatic carbocycles. The van der Waals surface area contributed by atoms with Gasteiger partial charge in [-0.3, -0.25) is 0 Å². The second-order valence-electron chi connectivity index (χ2n) is 8.46. The van der Waals surface area contributed by atoms with Gasteiger partial charge in [0.05, 0.1) is 18.0 Å². The third-order valence-corrected chi connectivity index (χ3v) is 7.53. The van der Waals surface area contributed by atoms with E-state index in [-0.39, 0.29) is 41.1 Å². The van der Waals surface area contributed by atoms with Gasteiger partial charge < -0.3 is 9.05 Å². The number of aromatic nitrogens is 2. The fourth-order valence-electron chi connectivity index (χ4n) is 3.72. The van der Waals surface area contributed by atoms with E-state index in [9.17, 15) is 17.2 Å². The lowest BCUT2D eigenvalue weighted by atomic mass is 10.1. The molecule has 0 spiro atoms. The summed E-state index contributed by atoms with van der Waals surface area (Å²) in [7, 11) is -3.98. The minimum absolute atomic E-state index is 0.106. The van der Waals surface area contributed by atoms with Gasteiger partial charge in [-0.15, -0.1) is 0 Å². The van der Waals surface area contributed by atoms with Crippen LogP contribution < -0.4 is 0 Å². The van der Waals surface area contributed by atoms with Crippen molar-refractivity contribution in [1.29, 1.82) is 0 Å². The number of benzene rings is 3. The Morgan fingerprint density at radius 3 is 1.57 bits per heavy atom. The lowest BCUT2D eigenvalue weighted by Gasteiger charge is -2.19. The zero-order chi connectivity index (χ0) is 26.0. The van der Waals surface area contributed by atoms with Crippen molar-refractivity contribution in [2.24, 2.45) is 0 Å². The van der Waals surface area contributed by atoms with Crippen LogP contribution in [0.4, 0.5) is 8.78 Å². The van der Waals surface area contributed by atoms with Gasteiger partial charge in [-0.2, -0.15) is 4.31 Å². The van der Waals surface area contributed by atoms with Crippen molar-refractivity contribution in [1.82, 2.24) is 14.6 Å². The minimum Gasteiger partial charge on any atom is -0.359 e. The van der Waals surface area contributed by atoms with Crippen molar-refractivity contribution >= 4 is 10.0 Å². The fraction of sp³-hybridized carbons (Fsp3) is 0.111. The molecule has 0 fully saturated rings. The van der Waals surface area contributed by atoms with Crippen molar-refractivity contribution in [2.75, 3.05) is 0 Å². The molecule has 2 aromatic heterocycles. The average Bonchev–Trinajstić information content (AvgIpc) is 3.55. The normalized spacial score (nSPS) is 11.8. The maximum absolute atomic E-state index is 13.6. The van der Waals surface area contributed by atoms with Crippen LogP contribution in [0, 0.1) is 18.6 Å². The quantitative estimate of drug-likeness (QED) is 0.250. The summed E-state index contributed by atoms with van der Waals surface area (Å²) in [4.78, 5) is 0.106. The maximum Gasteiger partial charge on any atom is 0.243 e. The SMILES string of the molecule is Cc1ccc(S(=O)(=O)N(Cc2cc(-c3ccc(F)cc3)no2)Cc2cc(-c3ccc(F)cc3)no2)cc1. The summed E-state index contributed by atoms with van der Waals surface area (Å²) in [6, 6.07) is 21.2. The summed E-state index contributed by atoms with van der Waals surface area (Å²) in [5.74, 6) is -0.189. The standard InChI is InChI=1S/C27H21F2N3O4S/c1-18-2-12-25(13-3-18)37(33,34)32(16-23-14-26(30-35-23)19-4-8-21(28)9-5-19)17-24-15-27(31-36-24)20-6-10-22(29)11-7-20/h2-15H,16-17H2,1H3. The number of aryl methyl sites for hydroxylation is 1.